The average Bonchev–Trinajstić information content (AvgIpc) is 3.13. The summed E-state index contributed by atoms with van der Waals surface area (Å²) >= 11 is 0. The van der Waals surface area contributed by atoms with Crippen molar-refractivity contribution in [3.63, 3.8) is 0 Å². The van der Waals surface area contributed by atoms with Crippen LogP contribution in [0.4, 0.5) is 10.2 Å². The lowest BCUT2D eigenvalue weighted by atomic mass is 9.92. The number of ether oxygens (including phenoxy) is 1. The number of fused-ring (bicyclic) bond motifs is 3. The summed E-state index contributed by atoms with van der Waals surface area (Å²) in [5, 5.41) is 10.6. The molecule has 1 aromatic carbocycles. The molecule has 2 aliphatic rings. The van der Waals surface area contributed by atoms with E-state index in [1.165, 1.54) is 18.3 Å². The Morgan fingerprint density at radius 3 is 2.97 bits per heavy atom. The summed E-state index contributed by atoms with van der Waals surface area (Å²) in [6.45, 7) is 1.94. The fourth-order valence-corrected chi connectivity index (χ4v) is 4.19. The lowest BCUT2D eigenvalue weighted by Crippen LogP contribution is -2.47. The van der Waals surface area contributed by atoms with E-state index in [1.807, 2.05) is 6.92 Å². The number of rotatable bonds is 0. The summed E-state index contributed by atoms with van der Waals surface area (Å²) in [5.74, 6) is 0.671. The Balaban J connectivity index is 1.64. The van der Waals surface area contributed by atoms with E-state index in [9.17, 15) is 9.18 Å². The van der Waals surface area contributed by atoms with Crippen LogP contribution < -0.4 is 15.4 Å². The maximum atomic E-state index is 14.0. The van der Waals surface area contributed by atoms with E-state index in [1.54, 1.807) is 22.8 Å². The summed E-state index contributed by atoms with van der Waals surface area (Å²) in [5.41, 5.74) is 1.62. The van der Waals surface area contributed by atoms with Crippen LogP contribution in [0.1, 0.15) is 54.6 Å². The number of amides is 1. The highest BCUT2D eigenvalue weighted by Crippen LogP contribution is 2.32. The van der Waals surface area contributed by atoms with E-state index in [-0.39, 0.29) is 29.9 Å². The summed E-state index contributed by atoms with van der Waals surface area (Å²) in [6, 6.07) is 5.97. The largest absolute Gasteiger partial charge is 0.488 e. The molecule has 3 atom stereocenters. The Labute approximate surface area is 167 Å². The monoisotopic (exact) mass is 395 g/mol. The molecule has 1 saturated carbocycles. The quantitative estimate of drug-likeness (QED) is 0.609. The number of benzene rings is 1. The van der Waals surface area contributed by atoms with Gasteiger partial charge in [-0.1, -0.05) is 6.42 Å². The van der Waals surface area contributed by atoms with E-state index >= 15 is 0 Å². The molecule has 2 bridgehead atoms. The van der Waals surface area contributed by atoms with Gasteiger partial charge in [-0.15, -0.1) is 0 Å². The third kappa shape index (κ3) is 3.28. The first-order valence-electron chi connectivity index (χ1n) is 9.96. The van der Waals surface area contributed by atoms with E-state index in [4.69, 9.17) is 4.74 Å². The number of carbonyl (C=O) groups is 1. The molecule has 1 aliphatic carbocycles. The van der Waals surface area contributed by atoms with Gasteiger partial charge in [-0.05, 0) is 50.5 Å². The first-order valence-corrected chi connectivity index (χ1v) is 9.96. The number of hydrogen-bond donors (Lipinski definition) is 2. The van der Waals surface area contributed by atoms with Crippen molar-refractivity contribution in [3.8, 4) is 5.75 Å². The van der Waals surface area contributed by atoms with Crippen molar-refractivity contribution in [2.75, 3.05) is 5.32 Å². The molecule has 0 unspecified atom stereocenters. The minimum atomic E-state index is -0.319. The average molecular weight is 395 g/mol. The van der Waals surface area contributed by atoms with E-state index in [0.717, 1.165) is 31.2 Å². The molecule has 8 heteroatoms. The molecule has 0 spiro atoms. The van der Waals surface area contributed by atoms with Crippen LogP contribution in [-0.2, 0) is 0 Å². The maximum Gasteiger partial charge on any atom is 0.257 e. The maximum absolute atomic E-state index is 14.0. The molecule has 1 amide bonds. The fraction of sp³-hybridized carbons (Fsp3) is 0.381. The number of halogens is 1. The highest BCUT2D eigenvalue weighted by molar-refractivity contribution is 6.00. The molecule has 0 radical (unpaired) electrons. The second kappa shape index (κ2) is 7.02. The van der Waals surface area contributed by atoms with Gasteiger partial charge in [-0.3, -0.25) is 4.79 Å². The molecule has 1 fully saturated rings. The van der Waals surface area contributed by atoms with E-state index in [0.29, 0.717) is 22.8 Å². The van der Waals surface area contributed by atoms with Gasteiger partial charge in [0.25, 0.3) is 5.91 Å². The SMILES string of the molecule is C[C@H]1Nc2ccn3ncc(c3n2)C(=O)N[C@@H]2CCCC[C@@H]2Oc2ccc(F)cc21. The number of aromatic nitrogens is 3. The molecule has 7 nitrogen and oxygen atoms in total. The first-order chi connectivity index (χ1) is 14.1. The highest BCUT2D eigenvalue weighted by atomic mass is 19.1. The lowest BCUT2D eigenvalue weighted by molar-refractivity contribution is 0.0796. The van der Waals surface area contributed by atoms with Crippen LogP contribution in [0.25, 0.3) is 5.65 Å². The van der Waals surface area contributed by atoms with Crippen LogP contribution in [0.15, 0.2) is 36.7 Å². The van der Waals surface area contributed by atoms with Crippen molar-refractivity contribution in [2.45, 2.75) is 50.8 Å². The molecular formula is C21H22FN5O2. The normalized spacial score (nSPS) is 24.2. The predicted octanol–water partition coefficient (Wildman–Crippen LogP) is 3.47. The summed E-state index contributed by atoms with van der Waals surface area (Å²) in [6.07, 6.45) is 6.83. The molecule has 5 rings (SSSR count). The molecule has 2 N–H and O–H groups in total. The summed E-state index contributed by atoms with van der Waals surface area (Å²) < 4.78 is 21.9. The topological polar surface area (TPSA) is 80.5 Å². The summed E-state index contributed by atoms with van der Waals surface area (Å²) in [4.78, 5) is 17.6. The van der Waals surface area contributed by atoms with E-state index in [2.05, 4.69) is 20.7 Å². The van der Waals surface area contributed by atoms with Crippen LogP contribution in [0, 0.1) is 5.82 Å². The second-order valence-electron chi connectivity index (χ2n) is 7.71. The van der Waals surface area contributed by atoms with Crippen molar-refractivity contribution in [3.05, 3.63) is 53.6 Å². The Hall–Kier alpha value is -3.16. The van der Waals surface area contributed by atoms with Gasteiger partial charge in [-0.2, -0.15) is 5.10 Å². The Morgan fingerprint density at radius 1 is 1.21 bits per heavy atom. The minimum absolute atomic E-state index is 0.128. The Morgan fingerprint density at radius 2 is 2.07 bits per heavy atom. The van der Waals surface area contributed by atoms with Gasteiger partial charge < -0.3 is 15.4 Å². The zero-order valence-electron chi connectivity index (χ0n) is 16.1. The number of anilines is 1. The smallest absolute Gasteiger partial charge is 0.257 e. The van der Waals surface area contributed by atoms with Gasteiger partial charge in [0.15, 0.2) is 5.65 Å². The van der Waals surface area contributed by atoms with Gasteiger partial charge in [0.05, 0.1) is 18.3 Å². The van der Waals surface area contributed by atoms with Crippen molar-refractivity contribution < 1.29 is 13.9 Å². The number of nitrogens with one attached hydrogen (secondary N) is 2. The molecular weight excluding hydrogens is 373 g/mol. The molecule has 1 aliphatic heterocycles. The zero-order valence-corrected chi connectivity index (χ0v) is 16.1. The standard InChI is InChI=1S/C21H22FN5O2/c1-12-14-10-13(22)6-7-17(14)29-18-5-3-2-4-16(18)25-21(28)15-11-23-27-9-8-19(24-12)26-20(15)27/h6-12,16,18H,2-5H2,1H3,(H,24,26)(H,25,28)/t12-,16-,18+/m1/s1. The highest BCUT2D eigenvalue weighted by Gasteiger charge is 2.31. The molecule has 2 aromatic heterocycles. The Kier molecular flexibility index (Phi) is 4.34. The van der Waals surface area contributed by atoms with Gasteiger partial charge in [0.1, 0.15) is 29.1 Å². The molecule has 150 valence electrons. The number of hydrogen-bond acceptors (Lipinski definition) is 5. The third-order valence-corrected chi connectivity index (χ3v) is 5.71. The molecule has 29 heavy (non-hydrogen) atoms. The van der Waals surface area contributed by atoms with E-state index < -0.39 is 0 Å². The number of nitrogens with zero attached hydrogens (tertiary/aromatic N) is 3. The van der Waals surface area contributed by atoms with Gasteiger partial charge >= 0.3 is 0 Å². The molecule has 0 saturated heterocycles. The fourth-order valence-electron chi connectivity index (χ4n) is 4.19. The van der Waals surface area contributed by atoms with Crippen LogP contribution in [-0.4, -0.2) is 32.7 Å². The van der Waals surface area contributed by atoms with Gasteiger partial charge in [0.2, 0.25) is 0 Å². The van der Waals surface area contributed by atoms with Crippen LogP contribution in [0.2, 0.25) is 0 Å². The van der Waals surface area contributed by atoms with Gasteiger partial charge in [-0.25, -0.2) is 13.9 Å². The van der Waals surface area contributed by atoms with Crippen molar-refractivity contribution in [1.29, 1.82) is 0 Å². The van der Waals surface area contributed by atoms with Crippen LogP contribution >= 0.6 is 0 Å². The van der Waals surface area contributed by atoms with Crippen LogP contribution in [0.3, 0.4) is 0 Å². The van der Waals surface area contributed by atoms with Gasteiger partial charge in [0, 0.05) is 11.8 Å². The third-order valence-electron chi connectivity index (χ3n) is 5.71. The van der Waals surface area contributed by atoms with Crippen LogP contribution in [0.5, 0.6) is 5.75 Å². The minimum Gasteiger partial charge on any atom is -0.488 e. The molecule has 3 aromatic rings. The lowest BCUT2D eigenvalue weighted by Gasteiger charge is -2.33. The summed E-state index contributed by atoms with van der Waals surface area (Å²) in [7, 11) is 0. The Bertz CT molecular complexity index is 1080. The first kappa shape index (κ1) is 17.9. The second-order valence-corrected chi connectivity index (χ2v) is 7.71. The molecule has 3 heterocycles. The predicted molar refractivity (Wildman–Crippen MR) is 106 cm³/mol. The zero-order chi connectivity index (χ0) is 20.0. The van der Waals surface area contributed by atoms with Crippen molar-refractivity contribution >= 4 is 17.4 Å². The number of carbonyl (C=O) groups excluding carboxylic acids is 1. The van der Waals surface area contributed by atoms with Crippen molar-refractivity contribution in [2.24, 2.45) is 0 Å². The van der Waals surface area contributed by atoms with Crippen molar-refractivity contribution in [1.82, 2.24) is 19.9 Å².